The summed E-state index contributed by atoms with van der Waals surface area (Å²) in [6, 6.07) is 14.9. The van der Waals surface area contributed by atoms with Crippen LogP contribution in [0, 0.1) is 12.7 Å². The molecule has 2 amide bonds. The molecule has 1 heterocycles. The first-order valence-corrected chi connectivity index (χ1v) is 10.3. The number of esters is 1. The van der Waals surface area contributed by atoms with E-state index in [1.165, 1.54) is 31.4 Å². The monoisotopic (exact) mass is 440 g/mol. The molecule has 2 N–H and O–H groups in total. The Balaban J connectivity index is 1.79. The predicted molar refractivity (Wildman–Crippen MR) is 118 cm³/mol. The Hall–Kier alpha value is -3.52. The molecule has 0 bridgehead atoms. The molecule has 8 heteroatoms. The number of carbonyl (C=O) groups excluding carboxylic acids is 3. The van der Waals surface area contributed by atoms with E-state index in [9.17, 15) is 18.8 Å². The SMILES string of the molecule is COC(=O)c1c(NC(=O)CCc2ccccc2)sc(C(=O)Nc2ccc(F)cc2)c1C. The van der Waals surface area contributed by atoms with Gasteiger partial charge in [0, 0.05) is 12.1 Å². The van der Waals surface area contributed by atoms with Gasteiger partial charge in [0.05, 0.1) is 17.6 Å². The van der Waals surface area contributed by atoms with Gasteiger partial charge in [0.2, 0.25) is 5.91 Å². The van der Waals surface area contributed by atoms with Crippen molar-refractivity contribution in [1.82, 2.24) is 0 Å². The molecule has 2 aromatic carbocycles. The van der Waals surface area contributed by atoms with Gasteiger partial charge in [-0.2, -0.15) is 0 Å². The van der Waals surface area contributed by atoms with Crippen molar-refractivity contribution in [2.24, 2.45) is 0 Å². The number of aryl methyl sites for hydroxylation is 1. The molecular formula is C23H21FN2O4S. The molecule has 0 unspecified atom stereocenters. The van der Waals surface area contributed by atoms with Crippen LogP contribution >= 0.6 is 11.3 Å². The van der Waals surface area contributed by atoms with E-state index in [1.54, 1.807) is 6.92 Å². The molecular weight excluding hydrogens is 419 g/mol. The van der Waals surface area contributed by atoms with E-state index in [-0.39, 0.29) is 27.8 Å². The molecule has 3 aromatic rings. The lowest BCUT2D eigenvalue weighted by Crippen LogP contribution is -2.14. The number of methoxy groups -OCH3 is 1. The van der Waals surface area contributed by atoms with Gasteiger partial charge in [-0.15, -0.1) is 11.3 Å². The minimum atomic E-state index is -0.645. The number of amides is 2. The summed E-state index contributed by atoms with van der Waals surface area (Å²) < 4.78 is 17.9. The van der Waals surface area contributed by atoms with Crippen LogP contribution in [-0.2, 0) is 16.0 Å². The summed E-state index contributed by atoms with van der Waals surface area (Å²) in [5.74, 6) is -1.81. The minimum Gasteiger partial charge on any atom is -0.465 e. The Bertz CT molecular complexity index is 1090. The van der Waals surface area contributed by atoms with E-state index in [2.05, 4.69) is 10.6 Å². The van der Waals surface area contributed by atoms with Crippen LogP contribution < -0.4 is 10.6 Å². The average molecular weight is 440 g/mol. The molecule has 0 fully saturated rings. The van der Waals surface area contributed by atoms with E-state index >= 15 is 0 Å². The van der Waals surface area contributed by atoms with Crippen LogP contribution in [0.5, 0.6) is 0 Å². The van der Waals surface area contributed by atoms with Crippen molar-refractivity contribution < 1.29 is 23.5 Å². The van der Waals surface area contributed by atoms with E-state index in [0.717, 1.165) is 16.9 Å². The number of carbonyl (C=O) groups is 3. The first kappa shape index (κ1) is 22.2. The largest absolute Gasteiger partial charge is 0.465 e. The molecule has 0 aliphatic rings. The molecule has 160 valence electrons. The van der Waals surface area contributed by atoms with Gasteiger partial charge >= 0.3 is 5.97 Å². The van der Waals surface area contributed by atoms with Crippen molar-refractivity contribution in [3.05, 3.63) is 82.0 Å². The van der Waals surface area contributed by atoms with Crippen LogP contribution in [0.1, 0.15) is 37.6 Å². The first-order valence-electron chi connectivity index (χ1n) is 9.51. The lowest BCUT2D eigenvalue weighted by Gasteiger charge is -2.06. The Kier molecular flexibility index (Phi) is 7.15. The standard InChI is InChI=1S/C23H21FN2O4S/c1-14-19(23(29)30-2)22(26-18(27)13-8-15-6-4-3-5-7-15)31-20(14)21(28)25-17-11-9-16(24)10-12-17/h3-7,9-12H,8,13H2,1-2H3,(H,25,28)(H,26,27). The van der Waals surface area contributed by atoms with Gasteiger partial charge in [0.25, 0.3) is 5.91 Å². The van der Waals surface area contributed by atoms with Gasteiger partial charge in [-0.05, 0) is 48.7 Å². The number of benzene rings is 2. The maximum absolute atomic E-state index is 13.1. The van der Waals surface area contributed by atoms with Gasteiger partial charge < -0.3 is 15.4 Å². The van der Waals surface area contributed by atoms with Crippen molar-refractivity contribution >= 4 is 39.8 Å². The number of rotatable bonds is 7. The Morgan fingerprint density at radius 2 is 1.68 bits per heavy atom. The van der Waals surface area contributed by atoms with Crippen molar-refractivity contribution in [2.75, 3.05) is 17.7 Å². The highest BCUT2D eigenvalue weighted by Crippen LogP contribution is 2.34. The molecule has 0 atom stereocenters. The lowest BCUT2D eigenvalue weighted by molar-refractivity contribution is -0.116. The van der Waals surface area contributed by atoms with E-state index in [4.69, 9.17) is 4.74 Å². The van der Waals surface area contributed by atoms with E-state index < -0.39 is 17.7 Å². The predicted octanol–water partition coefficient (Wildman–Crippen LogP) is 4.81. The highest BCUT2D eigenvalue weighted by molar-refractivity contribution is 7.18. The van der Waals surface area contributed by atoms with Gasteiger partial charge in [0.15, 0.2) is 0 Å². The van der Waals surface area contributed by atoms with Crippen molar-refractivity contribution in [1.29, 1.82) is 0 Å². The van der Waals surface area contributed by atoms with Gasteiger partial charge in [-0.1, -0.05) is 30.3 Å². The maximum atomic E-state index is 13.1. The van der Waals surface area contributed by atoms with E-state index in [0.29, 0.717) is 17.7 Å². The fourth-order valence-corrected chi connectivity index (χ4v) is 4.09. The maximum Gasteiger partial charge on any atom is 0.341 e. The first-order chi connectivity index (χ1) is 14.9. The number of hydrogen-bond acceptors (Lipinski definition) is 5. The van der Waals surface area contributed by atoms with Crippen LogP contribution in [0.3, 0.4) is 0 Å². The summed E-state index contributed by atoms with van der Waals surface area (Å²) in [5.41, 5.74) is 1.97. The summed E-state index contributed by atoms with van der Waals surface area (Å²) >= 11 is 0.991. The normalized spacial score (nSPS) is 10.4. The highest BCUT2D eigenvalue weighted by Gasteiger charge is 2.26. The molecule has 1 aromatic heterocycles. The lowest BCUT2D eigenvalue weighted by atomic mass is 10.1. The summed E-state index contributed by atoms with van der Waals surface area (Å²) in [4.78, 5) is 37.8. The highest BCUT2D eigenvalue weighted by atomic mass is 32.1. The third kappa shape index (κ3) is 5.55. The Morgan fingerprint density at radius 3 is 2.32 bits per heavy atom. The average Bonchev–Trinajstić information content (AvgIpc) is 3.09. The minimum absolute atomic E-state index is 0.143. The van der Waals surface area contributed by atoms with Crippen LogP contribution in [0.15, 0.2) is 54.6 Å². The van der Waals surface area contributed by atoms with Crippen LogP contribution in [0.25, 0.3) is 0 Å². The van der Waals surface area contributed by atoms with Crippen molar-refractivity contribution in [2.45, 2.75) is 19.8 Å². The second kappa shape index (κ2) is 9.99. The topological polar surface area (TPSA) is 84.5 Å². The number of hydrogen-bond donors (Lipinski definition) is 2. The smallest absolute Gasteiger partial charge is 0.341 e. The second-order valence-corrected chi connectivity index (χ2v) is 7.77. The molecule has 31 heavy (non-hydrogen) atoms. The van der Waals surface area contributed by atoms with Crippen molar-refractivity contribution in [3.63, 3.8) is 0 Å². The molecule has 3 rings (SSSR count). The van der Waals surface area contributed by atoms with Gasteiger partial charge in [-0.3, -0.25) is 9.59 Å². The summed E-state index contributed by atoms with van der Waals surface area (Å²) in [6.07, 6.45) is 0.765. The van der Waals surface area contributed by atoms with Gasteiger partial charge in [0.1, 0.15) is 10.8 Å². The molecule has 0 spiro atoms. The molecule has 0 aliphatic carbocycles. The summed E-state index contributed by atoms with van der Waals surface area (Å²) in [7, 11) is 1.23. The number of anilines is 2. The Labute approximate surface area is 183 Å². The zero-order valence-corrected chi connectivity index (χ0v) is 17.8. The molecule has 0 aliphatic heterocycles. The molecule has 0 radical (unpaired) electrons. The zero-order chi connectivity index (χ0) is 22.4. The van der Waals surface area contributed by atoms with Crippen LogP contribution in [-0.4, -0.2) is 24.9 Å². The van der Waals surface area contributed by atoms with E-state index in [1.807, 2.05) is 30.3 Å². The number of thiophene rings is 1. The zero-order valence-electron chi connectivity index (χ0n) is 17.0. The number of nitrogens with one attached hydrogen (secondary N) is 2. The molecule has 6 nitrogen and oxygen atoms in total. The Morgan fingerprint density at radius 1 is 1.00 bits per heavy atom. The van der Waals surface area contributed by atoms with Crippen LogP contribution in [0.2, 0.25) is 0 Å². The second-order valence-electron chi connectivity index (χ2n) is 6.75. The third-order valence-electron chi connectivity index (χ3n) is 4.58. The quantitative estimate of drug-likeness (QED) is 0.517. The molecule has 0 saturated carbocycles. The van der Waals surface area contributed by atoms with Crippen LogP contribution in [0.4, 0.5) is 15.1 Å². The third-order valence-corrected chi connectivity index (χ3v) is 5.79. The fraction of sp³-hybridized carbons (Fsp3) is 0.174. The molecule has 0 saturated heterocycles. The summed E-state index contributed by atoms with van der Waals surface area (Å²) in [6.45, 7) is 1.61. The summed E-state index contributed by atoms with van der Waals surface area (Å²) in [5, 5.41) is 5.65. The van der Waals surface area contributed by atoms with Crippen molar-refractivity contribution in [3.8, 4) is 0 Å². The number of halogens is 1. The van der Waals surface area contributed by atoms with Gasteiger partial charge in [-0.25, -0.2) is 9.18 Å². The number of ether oxygens (including phenoxy) is 1. The fourth-order valence-electron chi connectivity index (χ4n) is 2.98.